The van der Waals surface area contributed by atoms with Gasteiger partial charge in [0, 0.05) is 35.9 Å². The fourth-order valence-electron chi connectivity index (χ4n) is 2.58. The second-order valence-corrected chi connectivity index (χ2v) is 5.92. The van der Waals surface area contributed by atoms with E-state index in [1.807, 2.05) is 68.2 Å². The van der Waals surface area contributed by atoms with E-state index in [1.54, 1.807) is 10.9 Å². The predicted octanol–water partition coefficient (Wildman–Crippen LogP) is 3.28. The zero-order valence-electron chi connectivity index (χ0n) is 14.1. The third-order valence-electron chi connectivity index (χ3n) is 4.14. The Balaban J connectivity index is 1.64. The van der Waals surface area contributed by atoms with Gasteiger partial charge in [0.2, 0.25) is 5.91 Å². The van der Waals surface area contributed by atoms with Gasteiger partial charge in [-0.3, -0.25) is 9.48 Å². The Labute approximate surface area is 141 Å². The van der Waals surface area contributed by atoms with Crippen LogP contribution in [0.1, 0.15) is 30.8 Å². The Morgan fingerprint density at radius 3 is 2.58 bits per heavy atom. The summed E-state index contributed by atoms with van der Waals surface area (Å²) >= 11 is 0. The van der Waals surface area contributed by atoms with E-state index >= 15 is 0 Å². The number of carbonyl (C=O) groups is 1. The molecule has 2 heterocycles. The molecule has 0 saturated heterocycles. The van der Waals surface area contributed by atoms with E-state index in [4.69, 9.17) is 0 Å². The summed E-state index contributed by atoms with van der Waals surface area (Å²) < 4.78 is 3.81. The molecule has 2 aromatic heterocycles. The molecule has 0 aliphatic heterocycles. The zero-order chi connectivity index (χ0) is 17.1. The van der Waals surface area contributed by atoms with Crippen molar-refractivity contribution in [1.29, 1.82) is 0 Å². The van der Waals surface area contributed by atoms with E-state index in [2.05, 4.69) is 15.4 Å². The van der Waals surface area contributed by atoms with E-state index in [0.717, 1.165) is 22.8 Å². The monoisotopic (exact) mass is 323 g/mol. The Morgan fingerprint density at radius 1 is 1.25 bits per heavy atom. The predicted molar refractivity (Wildman–Crippen MR) is 93.2 cm³/mol. The van der Waals surface area contributed by atoms with Crippen LogP contribution in [-0.4, -0.2) is 25.2 Å². The number of imidazole rings is 1. The fraction of sp³-hybridized carbons (Fsp3) is 0.278. The van der Waals surface area contributed by atoms with Gasteiger partial charge in [0.15, 0.2) is 0 Å². The molecule has 0 aliphatic carbocycles. The highest BCUT2D eigenvalue weighted by atomic mass is 16.1. The minimum absolute atomic E-state index is 0.0239. The lowest BCUT2D eigenvalue weighted by Gasteiger charge is -2.12. The molecule has 124 valence electrons. The second-order valence-electron chi connectivity index (χ2n) is 5.92. The molecule has 1 amide bonds. The summed E-state index contributed by atoms with van der Waals surface area (Å²) in [7, 11) is 0. The maximum atomic E-state index is 12.2. The average Bonchev–Trinajstić information content (AvgIpc) is 3.20. The van der Waals surface area contributed by atoms with Gasteiger partial charge in [0.05, 0.1) is 18.1 Å². The molecular formula is C18H21N5O. The van der Waals surface area contributed by atoms with Gasteiger partial charge in [-0.25, -0.2) is 4.98 Å². The lowest BCUT2D eigenvalue weighted by molar-refractivity contribution is -0.116. The zero-order valence-corrected chi connectivity index (χ0v) is 14.1. The van der Waals surface area contributed by atoms with Crippen molar-refractivity contribution < 1.29 is 4.79 Å². The quantitative estimate of drug-likeness (QED) is 0.783. The molecule has 3 aromatic rings. The van der Waals surface area contributed by atoms with Gasteiger partial charge in [-0.1, -0.05) is 0 Å². The third kappa shape index (κ3) is 3.37. The van der Waals surface area contributed by atoms with Crippen LogP contribution in [0.3, 0.4) is 0 Å². The largest absolute Gasteiger partial charge is 0.326 e. The summed E-state index contributed by atoms with van der Waals surface area (Å²) in [6.07, 6.45) is 5.77. The third-order valence-corrected chi connectivity index (χ3v) is 4.14. The van der Waals surface area contributed by atoms with E-state index in [1.165, 1.54) is 0 Å². The molecule has 0 aliphatic rings. The van der Waals surface area contributed by atoms with Crippen LogP contribution in [0.15, 0.2) is 49.1 Å². The van der Waals surface area contributed by atoms with Gasteiger partial charge < -0.3 is 9.88 Å². The molecule has 0 radical (unpaired) electrons. The SMILES string of the molecule is Cc1ncn(-c2ccc(NC(=O)CC(C)n3cccn3)cc2)c1C. The lowest BCUT2D eigenvalue weighted by atomic mass is 10.2. The van der Waals surface area contributed by atoms with Crippen LogP contribution in [0.2, 0.25) is 0 Å². The van der Waals surface area contributed by atoms with Crippen LogP contribution in [0.5, 0.6) is 0 Å². The molecule has 1 unspecified atom stereocenters. The maximum absolute atomic E-state index is 12.2. The molecule has 0 spiro atoms. The van der Waals surface area contributed by atoms with Crippen LogP contribution in [0.25, 0.3) is 5.69 Å². The summed E-state index contributed by atoms with van der Waals surface area (Å²) in [4.78, 5) is 16.5. The van der Waals surface area contributed by atoms with E-state index in [9.17, 15) is 4.79 Å². The summed E-state index contributed by atoms with van der Waals surface area (Å²) in [5.41, 5.74) is 3.93. The standard InChI is InChI=1S/C18H21N5O/c1-13(23-10-4-9-20-23)11-18(24)21-16-5-7-17(8-6-16)22-12-19-14(2)15(22)3/h4-10,12-13H,11H2,1-3H3,(H,21,24). The number of nitrogens with zero attached hydrogens (tertiary/aromatic N) is 4. The Kier molecular flexibility index (Phi) is 4.46. The number of hydrogen-bond acceptors (Lipinski definition) is 3. The smallest absolute Gasteiger partial charge is 0.226 e. The number of aryl methyl sites for hydroxylation is 1. The number of carbonyl (C=O) groups excluding carboxylic acids is 1. The summed E-state index contributed by atoms with van der Waals surface area (Å²) in [6, 6.07) is 9.63. The number of amides is 1. The maximum Gasteiger partial charge on any atom is 0.226 e. The molecule has 0 fully saturated rings. The van der Waals surface area contributed by atoms with Crippen molar-refractivity contribution in [3.63, 3.8) is 0 Å². The first kappa shape index (κ1) is 16.0. The van der Waals surface area contributed by atoms with Crippen LogP contribution >= 0.6 is 0 Å². The Hall–Kier alpha value is -2.89. The van der Waals surface area contributed by atoms with Crippen molar-refractivity contribution in [2.75, 3.05) is 5.32 Å². The number of nitrogens with one attached hydrogen (secondary N) is 1. The van der Waals surface area contributed by atoms with E-state index in [-0.39, 0.29) is 11.9 Å². The van der Waals surface area contributed by atoms with E-state index < -0.39 is 0 Å². The van der Waals surface area contributed by atoms with Crippen LogP contribution in [0.4, 0.5) is 5.69 Å². The molecule has 1 aromatic carbocycles. The lowest BCUT2D eigenvalue weighted by Crippen LogP contribution is -2.17. The minimum Gasteiger partial charge on any atom is -0.326 e. The summed E-state index contributed by atoms with van der Waals surface area (Å²) in [5.74, 6) is -0.0274. The molecular weight excluding hydrogens is 302 g/mol. The van der Waals surface area contributed by atoms with Crippen LogP contribution < -0.4 is 5.32 Å². The van der Waals surface area contributed by atoms with Crippen molar-refractivity contribution in [2.24, 2.45) is 0 Å². The van der Waals surface area contributed by atoms with Crippen molar-refractivity contribution in [1.82, 2.24) is 19.3 Å². The first-order chi connectivity index (χ1) is 11.5. The van der Waals surface area contributed by atoms with Crippen LogP contribution in [0, 0.1) is 13.8 Å². The number of hydrogen-bond donors (Lipinski definition) is 1. The molecule has 6 heteroatoms. The molecule has 1 atom stereocenters. The van der Waals surface area contributed by atoms with Crippen molar-refractivity contribution in [3.8, 4) is 5.69 Å². The highest BCUT2D eigenvalue weighted by Crippen LogP contribution is 2.17. The topological polar surface area (TPSA) is 64.7 Å². The first-order valence-corrected chi connectivity index (χ1v) is 7.94. The highest BCUT2D eigenvalue weighted by Gasteiger charge is 2.11. The Bertz CT molecular complexity index is 818. The van der Waals surface area contributed by atoms with Gasteiger partial charge in [0.1, 0.15) is 0 Å². The van der Waals surface area contributed by atoms with Gasteiger partial charge in [-0.2, -0.15) is 5.10 Å². The first-order valence-electron chi connectivity index (χ1n) is 7.94. The number of anilines is 1. The van der Waals surface area contributed by atoms with Crippen molar-refractivity contribution in [3.05, 3.63) is 60.4 Å². The molecule has 1 N–H and O–H groups in total. The highest BCUT2D eigenvalue weighted by molar-refractivity contribution is 5.91. The second kappa shape index (κ2) is 6.70. The van der Waals surface area contributed by atoms with Crippen LogP contribution in [-0.2, 0) is 4.79 Å². The summed E-state index contributed by atoms with van der Waals surface area (Å²) in [5, 5.41) is 7.09. The molecule has 6 nitrogen and oxygen atoms in total. The molecule has 3 rings (SSSR count). The van der Waals surface area contributed by atoms with Gasteiger partial charge in [-0.15, -0.1) is 0 Å². The van der Waals surface area contributed by atoms with E-state index in [0.29, 0.717) is 6.42 Å². The number of benzene rings is 1. The molecule has 0 saturated carbocycles. The minimum atomic E-state index is -0.0274. The Morgan fingerprint density at radius 2 is 2.00 bits per heavy atom. The fourth-order valence-corrected chi connectivity index (χ4v) is 2.58. The van der Waals surface area contributed by atoms with Gasteiger partial charge in [-0.05, 0) is 51.1 Å². The molecule has 24 heavy (non-hydrogen) atoms. The average molecular weight is 323 g/mol. The van der Waals surface area contributed by atoms with Crippen molar-refractivity contribution in [2.45, 2.75) is 33.2 Å². The van der Waals surface area contributed by atoms with Gasteiger partial charge >= 0.3 is 0 Å². The summed E-state index contributed by atoms with van der Waals surface area (Å²) in [6.45, 7) is 6.00. The number of aromatic nitrogens is 4. The number of rotatable bonds is 5. The molecule has 0 bridgehead atoms. The van der Waals surface area contributed by atoms with Gasteiger partial charge in [0.25, 0.3) is 0 Å². The normalized spacial score (nSPS) is 12.1. The van der Waals surface area contributed by atoms with Crippen molar-refractivity contribution >= 4 is 11.6 Å².